The molecule has 0 spiro atoms. The van der Waals surface area contributed by atoms with Gasteiger partial charge in [0.15, 0.2) is 11.5 Å². The molecule has 3 heterocycles. The van der Waals surface area contributed by atoms with E-state index in [0.717, 1.165) is 22.0 Å². The Kier molecular flexibility index (Phi) is 5.75. The molecule has 0 saturated carbocycles. The number of anilines is 1. The van der Waals surface area contributed by atoms with Gasteiger partial charge in [-0.25, -0.2) is 4.98 Å². The number of furan rings is 1. The molecule has 7 nitrogen and oxygen atoms in total. The Labute approximate surface area is 195 Å². The highest BCUT2D eigenvalue weighted by Gasteiger charge is 2.33. The van der Waals surface area contributed by atoms with E-state index in [4.69, 9.17) is 13.9 Å². The Hall–Kier alpha value is -3.78. The lowest BCUT2D eigenvalue weighted by Gasteiger charge is -2.37. The number of carbonyl (C=O) groups is 1. The lowest BCUT2D eigenvalue weighted by atomic mass is 10.0. The van der Waals surface area contributed by atoms with Gasteiger partial charge < -0.3 is 24.1 Å². The maximum atomic E-state index is 13.4. The largest absolute Gasteiger partial charge is 0.493 e. The van der Waals surface area contributed by atoms with Crippen LogP contribution in [0.3, 0.4) is 0 Å². The molecule has 0 bridgehead atoms. The summed E-state index contributed by atoms with van der Waals surface area (Å²) >= 11 is 1.59. The molecule has 4 aromatic rings. The van der Waals surface area contributed by atoms with Gasteiger partial charge in [0.1, 0.15) is 18.5 Å². The van der Waals surface area contributed by atoms with Gasteiger partial charge in [0.2, 0.25) is 0 Å². The summed E-state index contributed by atoms with van der Waals surface area (Å²) in [7, 11) is 1.61. The van der Waals surface area contributed by atoms with Crippen molar-refractivity contribution in [1.82, 2.24) is 9.88 Å². The van der Waals surface area contributed by atoms with Crippen LogP contribution >= 0.6 is 11.3 Å². The van der Waals surface area contributed by atoms with Gasteiger partial charge in [-0.2, -0.15) is 0 Å². The van der Waals surface area contributed by atoms with Gasteiger partial charge in [0, 0.05) is 11.1 Å². The molecule has 1 atom stereocenters. The van der Waals surface area contributed by atoms with Gasteiger partial charge in [-0.15, -0.1) is 11.3 Å². The fraction of sp³-hybridized carbons (Fsp3) is 0.200. The normalized spacial score (nSPS) is 15.2. The van der Waals surface area contributed by atoms with Gasteiger partial charge in [0.05, 0.1) is 36.2 Å². The first kappa shape index (κ1) is 21.1. The monoisotopic (exact) mass is 461 g/mol. The van der Waals surface area contributed by atoms with Crippen molar-refractivity contribution >= 4 is 22.9 Å². The number of ether oxygens (including phenoxy) is 2. The molecular formula is C25H23N3O4S. The average Bonchev–Trinajstić information content (AvgIpc) is 3.51. The minimum absolute atomic E-state index is 0.0658. The number of nitrogens with one attached hydrogen (secondary N) is 1. The van der Waals surface area contributed by atoms with E-state index in [9.17, 15) is 4.79 Å². The molecule has 168 valence electrons. The number of carbonyl (C=O) groups excluding carboxylic acids is 1. The van der Waals surface area contributed by atoms with Gasteiger partial charge in [-0.1, -0.05) is 18.2 Å². The Morgan fingerprint density at radius 1 is 1.15 bits per heavy atom. The van der Waals surface area contributed by atoms with E-state index in [1.54, 1.807) is 29.6 Å². The molecule has 8 heteroatoms. The molecule has 2 aromatic heterocycles. The quantitative estimate of drug-likeness (QED) is 0.397. The zero-order chi connectivity index (χ0) is 22.8. The van der Waals surface area contributed by atoms with Crippen LogP contribution in [0, 0.1) is 6.92 Å². The van der Waals surface area contributed by atoms with Gasteiger partial charge in [0.25, 0.3) is 5.91 Å². The number of hydrogen-bond acceptors (Lipinski definition) is 7. The number of amides is 1. The van der Waals surface area contributed by atoms with E-state index in [2.05, 4.69) is 10.3 Å². The number of fused-ring (bicyclic) bond motifs is 1. The highest BCUT2D eigenvalue weighted by Crippen LogP contribution is 2.38. The van der Waals surface area contributed by atoms with E-state index >= 15 is 0 Å². The van der Waals surface area contributed by atoms with E-state index in [1.165, 1.54) is 0 Å². The molecule has 1 amide bonds. The number of aromatic nitrogens is 1. The zero-order valence-corrected chi connectivity index (χ0v) is 19.1. The number of hydrogen-bond donors (Lipinski definition) is 1. The number of rotatable bonds is 7. The van der Waals surface area contributed by atoms with Gasteiger partial charge in [-0.05, 0) is 48.9 Å². The average molecular weight is 462 g/mol. The molecule has 0 radical (unpaired) electrons. The maximum Gasteiger partial charge on any atom is 0.258 e. The summed E-state index contributed by atoms with van der Waals surface area (Å²) in [5, 5.41) is 6.48. The van der Waals surface area contributed by atoms with Crippen LogP contribution < -0.4 is 14.8 Å². The minimum atomic E-state index is -0.401. The van der Waals surface area contributed by atoms with Crippen molar-refractivity contribution < 1.29 is 18.7 Å². The molecular weight excluding hydrogens is 438 g/mol. The summed E-state index contributed by atoms with van der Waals surface area (Å²) in [5.41, 5.74) is 3.18. The Bertz CT molecular complexity index is 1270. The van der Waals surface area contributed by atoms with Crippen LogP contribution in [0.1, 0.15) is 38.5 Å². The van der Waals surface area contributed by atoms with Crippen LogP contribution in [0.2, 0.25) is 0 Å². The summed E-state index contributed by atoms with van der Waals surface area (Å²) < 4.78 is 17.1. The number of benzene rings is 2. The topological polar surface area (TPSA) is 76.8 Å². The molecule has 0 saturated heterocycles. The second-order valence-corrected chi connectivity index (χ2v) is 8.72. The van der Waals surface area contributed by atoms with Crippen molar-refractivity contribution in [2.24, 2.45) is 0 Å². The lowest BCUT2D eigenvalue weighted by molar-refractivity contribution is 0.0651. The van der Waals surface area contributed by atoms with E-state index < -0.39 is 6.17 Å². The van der Waals surface area contributed by atoms with Crippen LogP contribution in [-0.2, 0) is 13.2 Å². The fourth-order valence-electron chi connectivity index (χ4n) is 3.89. The third-order valence-corrected chi connectivity index (χ3v) is 6.30. The molecule has 2 aromatic carbocycles. The Balaban J connectivity index is 1.45. The highest BCUT2D eigenvalue weighted by atomic mass is 32.1. The summed E-state index contributed by atoms with van der Waals surface area (Å²) in [6, 6.07) is 16.9. The second-order valence-electron chi connectivity index (χ2n) is 7.66. The number of nitrogens with zero attached hydrogens (tertiary/aromatic N) is 2. The number of para-hydroxylation sites is 1. The second kappa shape index (κ2) is 8.99. The van der Waals surface area contributed by atoms with E-state index in [0.29, 0.717) is 36.0 Å². The third kappa shape index (κ3) is 4.29. The Morgan fingerprint density at radius 3 is 2.79 bits per heavy atom. The van der Waals surface area contributed by atoms with Crippen molar-refractivity contribution in [1.29, 1.82) is 0 Å². The number of thiazole rings is 1. The molecule has 1 N–H and O–H groups in total. The maximum absolute atomic E-state index is 13.4. The van der Waals surface area contributed by atoms with Crippen LogP contribution in [-0.4, -0.2) is 22.9 Å². The smallest absolute Gasteiger partial charge is 0.258 e. The number of aryl methyl sites for hydroxylation is 1. The van der Waals surface area contributed by atoms with Crippen LogP contribution in [0.15, 0.2) is 70.7 Å². The Morgan fingerprint density at radius 2 is 2.03 bits per heavy atom. The molecule has 0 aliphatic carbocycles. The predicted molar refractivity (Wildman–Crippen MR) is 126 cm³/mol. The van der Waals surface area contributed by atoms with Crippen LogP contribution in [0.4, 0.5) is 5.69 Å². The lowest BCUT2D eigenvalue weighted by Crippen LogP contribution is -2.42. The van der Waals surface area contributed by atoms with Crippen molar-refractivity contribution in [3.05, 3.63) is 93.8 Å². The molecule has 33 heavy (non-hydrogen) atoms. The predicted octanol–water partition coefficient (Wildman–Crippen LogP) is 5.40. The minimum Gasteiger partial charge on any atom is -0.493 e. The van der Waals surface area contributed by atoms with Gasteiger partial charge in [-0.3, -0.25) is 4.79 Å². The third-order valence-electron chi connectivity index (χ3n) is 5.47. The first-order valence-electron chi connectivity index (χ1n) is 10.5. The van der Waals surface area contributed by atoms with Crippen molar-refractivity contribution in [3.63, 3.8) is 0 Å². The van der Waals surface area contributed by atoms with Crippen LogP contribution in [0.5, 0.6) is 11.5 Å². The SMILES string of the molecule is COc1cc(C2Nc3ccccc3C(=O)N2Cc2ccco2)ccc1OCc1csc(C)n1. The van der Waals surface area contributed by atoms with Gasteiger partial charge >= 0.3 is 0 Å². The molecule has 1 unspecified atom stereocenters. The molecule has 0 fully saturated rings. The van der Waals surface area contributed by atoms with Crippen molar-refractivity contribution in [3.8, 4) is 11.5 Å². The summed E-state index contributed by atoms with van der Waals surface area (Å²) in [5.74, 6) is 1.85. The first-order valence-corrected chi connectivity index (χ1v) is 11.4. The summed E-state index contributed by atoms with van der Waals surface area (Å²) in [4.78, 5) is 19.6. The van der Waals surface area contributed by atoms with Crippen molar-refractivity contribution in [2.75, 3.05) is 12.4 Å². The van der Waals surface area contributed by atoms with E-state index in [-0.39, 0.29) is 5.91 Å². The summed E-state index contributed by atoms with van der Waals surface area (Å²) in [6.45, 7) is 2.66. The fourth-order valence-corrected chi connectivity index (χ4v) is 4.49. The number of methoxy groups -OCH3 is 1. The molecule has 1 aliphatic rings. The van der Waals surface area contributed by atoms with E-state index in [1.807, 2.05) is 66.9 Å². The standard InChI is InChI=1S/C25H23N3O4S/c1-16-26-18(15-33-16)14-32-22-10-9-17(12-23(22)30-2)24-27-21-8-4-3-7-20(21)25(29)28(24)13-19-6-5-11-31-19/h3-12,15,24,27H,13-14H2,1-2H3. The zero-order valence-electron chi connectivity index (χ0n) is 18.3. The highest BCUT2D eigenvalue weighted by molar-refractivity contribution is 7.09. The first-order chi connectivity index (χ1) is 16.1. The van der Waals surface area contributed by atoms with Crippen LogP contribution in [0.25, 0.3) is 0 Å². The molecule has 5 rings (SSSR count). The summed E-state index contributed by atoms with van der Waals surface area (Å²) in [6.07, 6.45) is 1.21. The molecule has 1 aliphatic heterocycles. The van der Waals surface area contributed by atoms with Crippen molar-refractivity contribution in [2.45, 2.75) is 26.2 Å².